The van der Waals surface area contributed by atoms with Crippen molar-refractivity contribution in [3.63, 3.8) is 0 Å². The lowest BCUT2D eigenvalue weighted by Gasteiger charge is -2.12. The maximum absolute atomic E-state index is 12.7. The zero-order valence-electron chi connectivity index (χ0n) is 12.6. The van der Waals surface area contributed by atoms with Gasteiger partial charge in [-0.3, -0.25) is 9.36 Å². The number of nitrogens with zero attached hydrogens (tertiary/aromatic N) is 4. The Kier molecular flexibility index (Phi) is 5.09. The third kappa shape index (κ3) is 3.62. The Hall–Kier alpha value is -2.12. The highest BCUT2D eigenvalue weighted by Crippen LogP contribution is 2.18. The van der Waals surface area contributed by atoms with E-state index in [2.05, 4.69) is 9.97 Å². The van der Waals surface area contributed by atoms with Gasteiger partial charge in [-0.05, 0) is 18.6 Å². The van der Waals surface area contributed by atoms with E-state index in [9.17, 15) is 4.79 Å². The van der Waals surface area contributed by atoms with Crippen LogP contribution in [0, 0.1) is 0 Å². The maximum atomic E-state index is 12.7. The minimum absolute atomic E-state index is 0.0471. The molecule has 3 rings (SSSR count). The van der Waals surface area contributed by atoms with Gasteiger partial charge in [-0.25, -0.2) is 9.97 Å². The van der Waals surface area contributed by atoms with Crippen molar-refractivity contribution < 1.29 is 5.11 Å². The molecule has 0 fully saturated rings. The van der Waals surface area contributed by atoms with Gasteiger partial charge in [-0.15, -0.1) is 0 Å². The smallest absolute Gasteiger partial charge is 0.262 e. The van der Waals surface area contributed by atoms with Gasteiger partial charge in [0.1, 0.15) is 0 Å². The van der Waals surface area contributed by atoms with E-state index in [1.54, 1.807) is 34.9 Å². The molecule has 0 unspecified atom stereocenters. The van der Waals surface area contributed by atoms with Crippen LogP contribution in [0.25, 0.3) is 10.9 Å². The summed E-state index contributed by atoms with van der Waals surface area (Å²) in [5.41, 5.74) is 0.664. The van der Waals surface area contributed by atoms with E-state index >= 15 is 0 Å². The molecule has 0 aliphatic carbocycles. The van der Waals surface area contributed by atoms with Gasteiger partial charge >= 0.3 is 0 Å². The van der Waals surface area contributed by atoms with Crippen molar-refractivity contribution in [3.8, 4) is 0 Å². The van der Waals surface area contributed by atoms with Crippen LogP contribution in [0.4, 0.5) is 0 Å². The van der Waals surface area contributed by atoms with Crippen molar-refractivity contribution in [2.45, 2.75) is 24.7 Å². The van der Waals surface area contributed by atoms with E-state index in [4.69, 9.17) is 5.11 Å². The molecule has 0 spiro atoms. The van der Waals surface area contributed by atoms with Crippen molar-refractivity contribution in [1.29, 1.82) is 0 Å². The summed E-state index contributed by atoms with van der Waals surface area (Å²) in [5.74, 6) is 0.792. The van der Waals surface area contributed by atoms with Crippen LogP contribution in [-0.2, 0) is 13.1 Å². The number of thioether (sulfide) groups is 1. The van der Waals surface area contributed by atoms with E-state index in [1.807, 2.05) is 29.0 Å². The van der Waals surface area contributed by atoms with Crippen LogP contribution in [-0.4, -0.2) is 36.6 Å². The summed E-state index contributed by atoms with van der Waals surface area (Å²) in [6.45, 7) is 1.33. The Morgan fingerprint density at radius 2 is 2.09 bits per heavy atom. The van der Waals surface area contributed by atoms with Gasteiger partial charge in [-0.2, -0.15) is 0 Å². The quantitative estimate of drug-likeness (QED) is 0.528. The molecule has 2 heterocycles. The Morgan fingerprint density at radius 3 is 2.87 bits per heavy atom. The summed E-state index contributed by atoms with van der Waals surface area (Å²) in [7, 11) is 0. The van der Waals surface area contributed by atoms with Crippen molar-refractivity contribution in [2.75, 3.05) is 12.4 Å². The van der Waals surface area contributed by atoms with Crippen molar-refractivity contribution in [3.05, 3.63) is 53.3 Å². The zero-order chi connectivity index (χ0) is 16.1. The van der Waals surface area contributed by atoms with Gasteiger partial charge in [0.05, 0.1) is 17.2 Å². The number of fused-ring (bicyclic) bond motifs is 1. The molecular formula is C16H18N4O2S. The first kappa shape index (κ1) is 15.8. The van der Waals surface area contributed by atoms with E-state index in [-0.39, 0.29) is 12.2 Å². The Labute approximate surface area is 137 Å². The lowest BCUT2D eigenvalue weighted by molar-refractivity contribution is 0.276. The van der Waals surface area contributed by atoms with Gasteiger partial charge < -0.3 is 9.67 Å². The molecule has 23 heavy (non-hydrogen) atoms. The van der Waals surface area contributed by atoms with Crippen molar-refractivity contribution in [2.24, 2.45) is 0 Å². The number of aryl methyl sites for hydroxylation is 1. The third-order valence-corrected chi connectivity index (χ3v) is 4.46. The minimum Gasteiger partial charge on any atom is -0.396 e. The van der Waals surface area contributed by atoms with Gasteiger partial charge in [0.25, 0.3) is 5.56 Å². The van der Waals surface area contributed by atoms with E-state index in [0.717, 1.165) is 12.3 Å². The second-order valence-electron chi connectivity index (χ2n) is 5.09. The predicted octanol–water partition coefficient (Wildman–Crippen LogP) is 1.77. The molecule has 3 aromatic rings. The SMILES string of the molecule is O=c1c2ccccc2nc(SCCn2ccnc2)n1CCCO. The topological polar surface area (TPSA) is 72.9 Å². The molecule has 0 radical (unpaired) electrons. The molecule has 0 saturated carbocycles. The lowest BCUT2D eigenvalue weighted by atomic mass is 10.2. The Morgan fingerprint density at radius 1 is 1.22 bits per heavy atom. The molecule has 1 aromatic carbocycles. The monoisotopic (exact) mass is 330 g/mol. The van der Waals surface area contributed by atoms with Crippen molar-refractivity contribution in [1.82, 2.24) is 19.1 Å². The standard InChI is InChI=1S/C16H18N4O2S/c21-10-3-7-20-15(22)13-4-1-2-5-14(13)18-16(20)23-11-9-19-8-6-17-12-19/h1-2,4-6,8,12,21H,3,7,9-11H2. The summed E-state index contributed by atoms with van der Waals surface area (Å²) >= 11 is 1.55. The molecule has 7 heteroatoms. The van der Waals surface area contributed by atoms with Gasteiger partial charge in [0, 0.05) is 37.8 Å². The number of aliphatic hydroxyl groups excluding tert-OH is 1. The van der Waals surface area contributed by atoms with E-state index in [0.29, 0.717) is 29.0 Å². The van der Waals surface area contributed by atoms with Crippen LogP contribution in [0.5, 0.6) is 0 Å². The first-order chi connectivity index (χ1) is 11.3. The Balaban J connectivity index is 1.88. The van der Waals surface area contributed by atoms with Crippen LogP contribution in [0.3, 0.4) is 0 Å². The number of aliphatic hydroxyl groups is 1. The number of benzene rings is 1. The van der Waals surface area contributed by atoms with E-state index < -0.39 is 0 Å². The lowest BCUT2D eigenvalue weighted by Crippen LogP contribution is -2.24. The maximum Gasteiger partial charge on any atom is 0.262 e. The van der Waals surface area contributed by atoms with Crippen LogP contribution in [0.15, 0.2) is 52.9 Å². The van der Waals surface area contributed by atoms with Crippen LogP contribution < -0.4 is 5.56 Å². The average molecular weight is 330 g/mol. The number of imidazole rings is 1. The van der Waals surface area contributed by atoms with Crippen molar-refractivity contribution >= 4 is 22.7 Å². The number of hydrogen-bond acceptors (Lipinski definition) is 5. The molecule has 0 atom stereocenters. The molecular weight excluding hydrogens is 312 g/mol. The summed E-state index contributed by atoms with van der Waals surface area (Å²) in [6, 6.07) is 7.37. The highest BCUT2D eigenvalue weighted by molar-refractivity contribution is 7.99. The molecule has 0 aliphatic heterocycles. The highest BCUT2D eigenvalue weighted by Gasteiger charge is 2.11. The largest absolute Gasteiger partial charge is 0.396 e. The van der Waals surface area contributed by atoms with Crippen LogP contribution >= 0.6 is 11.8 Å². The first-order valence-corrected chi connectivity index (χ1v) is 8.47. The fourth-order valence-electron chi connectivity index (χ4n) is 2.35. The summed E-state index contributed by atoms with van der Waals surface area (Å²) in [5, 5.41) is 10.4. The summed E-state index contributed by atoms with van der Waals surface area (Å²) in [6.07, 6.45) is 5.96. The Bertz CT molecular complexity index is 830. The molecule has 0 bridgehead atoms. The minimum atomic E-state index is -0.0471. The number of aromatic nitrogens is 4. The van der Waals surface area contributed by atoms with Crippen LogP contribution in [0.1, 0.15) is 6.42 Å². The molecule has 0 amide bonds. The summed E-state index contributed by atoms with van der Waals surface area (Å²) in [4.78, 5) is 21.3. The number of para-hydroxylation sites is 1. The number of rotatable bonds is 7. The highest BCUT2D eigenvalue weighted by atomic mass is 32.2. The fourth-order valence-corrected chi connectivity index (χ4v) is 3.32. The molecule has 6 nitrogen and oxygen atoms in total. The van der Waals surface area contributed by atoms with Gasteiger partial charge in [0.2, 0.25) is 0 Å². The normalized spacial score (nSPS) is 11.2. The third-order valence-electron chi connectivity index (χ3n) is 3.51. The molecule has 120 valence electrons. The molecule has 1 N–H and O–H groups in total. The zero-order valence-corrected chi connectivity index (χ0v) is 13.4. The molecule has 0 aliphatic rings. The fraction of sp³-hybridized carbons (Fsp3) is 0.312. The second-order valence-corrected chi connectivity index (χ2v) is 6.16. The van der Waals surface area contributed by atoms with E-state index in [1.165, 1.54) is 0 Å². The average Bonchev–Trinajstić information content (AvgIpc) is 3.08. The molecule has 0 saturated heterocycles. The predicted molar refractivity (Wildman–Crippen MR) is 90.7 cm³/mol. The second kappa shape index (κ2) is 7.43. The first-order valence-electron chi connectivity index (χ1n) is 7.48. The molecule has 2 aromatic heterocycles. The van der Waals surface area contributed by atoms with Crippen LogP contribution in [0.2, 0.25) is 0 Å². The van der Waals surface area contributed by atoms with Gasteiger partial charge in [0.15, 0.2) is 5.16 Å². The van der Waals surface area contributed by atoms with Gasteiger partial charge in [-0.1, -0.05) is 23.9 Å². The summed E-state index contributed by atoms with van der Waals surface area (Å²) < 4.78 is 3.65. The number of hydrogen-bond donors (Lipinski definition) is 1.